The van der Waals surface area contributed by atoms with Gasteiger partial charge >= 0.3 is 0 Å². The second kappa shape index (κ2) is 8.49. The van der Waals surface area contributed by atoms with Gasteiger partial charge in [-0.2, -0.15) is 0 Å². The fourth-order valence-corrected chi connectivity index (χ4v) is 2.95. The largest absolute Gasteiger partial charge is 0.468 e. The number of nitro benzene ring substituents is 1. The molecule has 0 saturated heterocycles. The molecular weight excluding hydrogens is 358 g/mol. The first-order valence-corrected chi connectivity index (χ1v) is 8.79. The van der Waals surface area contributed by atoms with Crippen molar-refractivity contribution < 1.29 is 14.1 Å². The van der Waals surface area contributed by atoms with Crippen LogP contribution in [-0.2, 0) is 0 Å². The highest BCUT2D eigenvalue weighted by atomic mass is 16.6. The van der Waals surface area contributed by atoms with E-state index in [-0.39, 0.29) is 23.1 Å². The maximum Gasteiger partial charge on any atom is 0.293 e. The van der Waals surface area contributed by atoms with Gasteiger partial charge in [-0.15, -0.1) is 0 Å². The van der Waals surface area contributed by atoms with Crippen molar-refractivity contribution in [2.45, 2.75) is 6.04 Å². The molecule has 3 aromatic rings. The highest BCUT2D eigenvalue weighted by Crippen LogP contribution is 2.28. The van der Waals surface area contributed by atoms with Crippen LogP contribution in [0.3, 0.4) is 0 Å². The van der Waals surface area contributed by atoms with Crippen molar-refractivity contribution in [3.8, 4) is 0 Å². The lowest BCUT2D eigenvalue weighted by molar-refractivity contribution is -0.384. The lowest BCUT2D eigenvalue weighted by atomic mass is 10.0. The molecule has 1 unspecified atom stereocenters. The van der Waals surface area contributed by atoms with E-state index < -0.39 is 4.92 Å². The van der Waals surface area contributed by atoms with Gasteiger partial charge in [0.15, 0.2) is 5.78 Å². The molecule has 0 amide bonds. The molecule has 28 heavy (non-hydrogen) atoms. The maximum absolute atomic E-state index is 12.6. The second-order valence-electron chi connectivity index (χ2n) is 6.56. The maximum atomic E-state index is 12.6. The van der Waals surface area contributed by atoms with Gasteiger partial charge in [-0.05, 0) is 38.4 Å². The molecule has 0 fully saturated rings. The number of nitro groups is 1. The van der Waals surface area contributed by atoms with Gasteiger partial charge in [0.25, 0.3) is 5.69 Å². The summed E-state index contributed by atoms with van der Waals surface area (Å²) in [6.45, 7) is 0.410. The Kier molecular flexibility index (Phi) is 5.86. The second-order valence-corrected chi connectivity index (χ2v) is 6.56. The Morgan fingerprint density at radius 3 is 2.46 bits per heavy atom. The number of nitrogens with one attached hydrogen (secondary N) is 1. The van der Waals surface area contributed by atoms with Crippen LogP contribution in [0.5, 0.6) is 0 Å². The van der Waals surface area contributed by atoms with Crippen molar-refractivity contribution in [3.05, 3.63) is 93.9 Å². The van der Waals surface area contributed by atoms with Crippen LogP contribution in [0.2, 0.25) is 0 Å². The molecule has 7 nitrogen and oxygen atoms in total. The van der Waals surface area contributed by atoms with E-state index in [1.165, 1.54) is 6.07 Å². The van der Waals surface area contributed by atoms with Crippen molar-refractivity contribution >= 4 is 17.2 Å². The van der Waals surface area contributed by atoms with Crippen LogP contribution in [0.15, 0.2) is 71.3 Å². The SMILES string of the molecule is CN(C)C(CNc1ccc(C(=O)c2ccccc2)cc1[N+](=O)[O-])c1ccco1. The molecule has 1 aromatic heterocycles. The monoisotopic (exact) mass is 379 g/mol. The molecule has 1 N–H and O–H groups in total. The van der Waals surface area contributed by atoms with E-state index in [0.29, 0.717) is 17.8 Å². The van der Waals surface area contributed by atoms with E-state index in [1.54, 1.807) is 48.7 Å². The number of hydrogen-bond acceptors (Lipinski definition) is 6. The molecule has 0 radical (unpaired) electrons. The van der Waals surface area contributed by atoms with E-state index in [9.17, 15) is 14.9 Å². The topological polar surface area (TPSA) is 88.6 Å². The number of carbonyl (C=O) groups is 1. The van der Waals surface area contributed by atoms with Gasteiger partial charge in [-0.3, -0.25) is 19.8 Å². The number of nitrogens with zero attached hydrogens (tertiary/aromatic N) is 2. The van der Waals surface area contributed by atoms with Crippen molar-refractivity contribution in [2.24, 2.45) is 0 Å². The number of benzene rings is 2. The van der Waals surface area contributed by atoms with Crippen LogP contribution in [0.4, 0.5) is 11.4 Å². The summed E-state index contributed by atoms with van der Waals surface area (Å²) in [7, 11) is 3.82. The fourth-order valence-electron chi connectivity index (χ4n) is 2.95. The normalized spacial score (nSPS) is 12.0. The van der Waals surface area contributed by atoms with Gasteiger partial charge in [0, 0.05) is 23.7 Å². The molecule has 0 aliphatic carbocycles. The molecule has 7 heteroatoms. The minimum Gasteiger partial charge on any atom is -0.468 e. The first-order chi connectivity index (χ1) is 13.5. The molecule has 2 aromatic carbocycles. The van der Waals surface area contributed by atoms with Crippen LogP contribution < -0.4 is 5.32 Å². The zero-order chi connectivity index (χ0) is 20.1. The number of anilines is 1. The Bertz CT molecular complexity index is 953. The number of furan rings is 1. The Morgan fingerprint density at radius 2 is 1.86 bits per heavy atom. The molecule has 0 saturated carbocycles. The lowest BCUT2D eigenvalue weighted by Crippen LogP contribution is -2.26. The number of hydrogen-bond donors (Lipinski definition) is 1. The van der Waals surface area contributed by atoms with Crippen LogP contribution in [0, 0.1) is 10.1 Å². The molecule has 1 heterocycles. The number of carbonyl (C=O) groups excluding carboxylic acids is 1. The quantitative estimate of drug-likeness (QED) is 0.360. The number of ketones is 1. The summed E-state index contributed by atoms with van der Waals surface area (Å²) in [5, 5.41) is 14.7. The summed E-state index contributed by atoms with van der Waals surface area (Å²) in [6.07, 6.45) is 1.60. The number of likely N-dealkylation sites (N-methyl/N-ethyl adjacent to an activating group) is 1. The van der Waals surface area contributed by atoms with Gasteiger partial charge < -0.3 is 9.73 Å². The summed E-state index contributed by atoms with van der Waals surface area (Å²) in [4.78, 5) is 25.6. The average molecular weight is 379 g/mol. The Balaban J connectivity index is 1.83. The van der Waals surface area contributed by atoms with Gasteiger partial charge in [-0.25, -0.2) is 0 Å². The summed E-state index contributed by atoms with van der Waals surface area (Å²) in [5.74, 6) is 0.507. The Hall–Kier alpha value is -3.45. The highest BCUT2D eigenvalue weighted by molar-refractivity contribution is 6.09. The molecule has 3 rings (SSSR count). The highest BCUT2D eigenvalue weighted by Gasteiger charge is 2.21. The fraction of sp³-hybridized carbons (Fsp3) is 0.190. The van der Waals surface area contributed by atoms with Crippen molar-refractivity contribution in [2.75, 3.05) is 26.0 Å². The first-order valence-electron chi connectivity index (χ1n) is 8.79. The molecule has 144 valence electrons. The molecule has 0 spiro atoms. The van der Waals surface area contributed by atoms with Crippen molar-refractivity contribution in [3.63, 3.8) is 0 Å². The van der Waals surface area contributed by atoms with Crippen molar-refractivity contribution in [1.29, 1.82) is 0 Å². The zero-order valence-electron chi connectivity index (χ0n) is 15.7. The van der Waals surface area contributed by atoms with E-state index in [2.05, 4.69) is 5.32 Å². The van der Waals surface area contributed by atoms with Gasteiger partial charge in [0.05, 0.1) is 17.2 Å². The van der Waals surface area contributed by atoms with E-state index in [1.807, 2.05) is 31.1 Å². The van der Waals surface area contributed by atoms with Gasteiger partial charge in [0.1, 0.15) is 11.4 Å². The van der Waals surface area contributed by atoms with E-state index in [4.69, 9.17) is 4.42 Å². The van der Waals surface area contributed by atoms with Crippen LogP contribution in [-0.4, -0.2) is 36.2 Å². The molecule has 0 aliphatic rings. The predicted octanol–water partition coefficient (Wildman–Crippen LogP) is 4.13. The van der Waals surface area contributed by atoms with Crippen LogP contribution >= 0.6 is 0 Å². The third-order valence-corrected chi connectivity index (χ3v) is 4.47. The van der Waals surface area contributed by atoms with E-state index in [0.717, 1.165) is 5.76 Å². The third kappa shape index (κ3) is 4.27. The third-order valence-electron chi connectivity index (χ3n) is 4.47. The lowest BCUT2D eigenvalue weighted by Gasteiger charge is -2.23. The van der Waals surface area contributed by atoms with Crippen molar-refractivity contribution in [1.82, 2.24) is 4.90 Å². The minimum absolute atomic E-state index is 0.0970. The van der Waals surface area contributed by atoms with Gasteiger partial charge in [-0.1, -0.05) is 30.3 Å². The average Bonchev–Trinajstić information content (AvgIpc) is 3.22. The molecule has 1 atom stereocenters. The number of rotatable bonds is 8. The smallest absolute Gasteiger partial charge is 0.293 e. The Morgan fingerprint density at radius 1 is 1.11 bits per heavy atom. The molecular formula is C21H21N3O4. The Labute approximate surface area is 162 Å². The van der Waals surface area contributed by atoms with Crippen LogP contribution in [0.25, 0.3) is 0 Å². The summed E-state index contributed by atoms with van der Waals surface area (Å²) in [5.41, 5.74) is 0.980. The summed E-state index contributed by atoms with van der Waals surface area (Å²) < 4.78 is 5.46. The predicted molar refractivity (Wildman–Crippen MR) is 107 cm³/mol. The van der Waals surface area contributed by atoms with Gasteiger partial charge in [0.2, 0.25) is 0 Å². The summed E-state index contributed by atoms with van der Waals surface area (Å²) >= 11 is 0. The first kappa shape index (κ1) is 19.3. The van der Waals surface area contributed by atoms with Crippen LogP contribution in [0.1, 0.15) is 27.7 Å². The van der Waals surface area contributed by atoms with E-state index >= 15 is 0 Å². The standard InChI is InChI=1S/C21H21N3O4/c1-23(2)19(20-9-6-12-28-20)14-22-17-11-10-16(13-18(17)24(26)27)21(25)15-7-4-3-5-8-15/h3-13,19,22H,14H2,1-2H3. The molecule has 0 aliphatic heterocycles. The molecule has 0 bridgehead atoms. The summed E-state index contributed by atoms with van der Waals surface area (Å²) in [6, 6.07) is 16.8. The zero-order valence-corrected chi connectivity index (χ0v) is 15.7. The minimum atomic E-state index is -0.484.